The lowest BCUT2D eigenvalue weighted by Crippen LogP contribution is -2.44. The first-order valence-electron chi connectivity index (χ1n) is 10.2. The first kappa shape index (κ1) is 22.1. The van der Waals surface area contributed by atoms with E-state index in [1.165, 1.54) is 0 Å². The van der Waals surface area contributed by atoms with Crippen molar-refractivity contribution in [2.45, 2.75) is 25.9 Å². The van der Waals surface area contributed by atoms with Crippen LogP contribution in [0.2, 0.25) is 5.02 Å². The van der Waals surface area contributed by atoms with Crippen molar-refractivity contribution in [3.8, 4) is 5.88 Å². The molecule has 3 heterocycles. The molecule has 0 aliphatic carbocycles. The molecule has 1 saturated heterocycles. The molecular weight excluding hydrogens is 404 g/mol. The molecule has 1 aliphatic heterocycles. The lowest BCUT2D eigenvalue weighted by atomic mass is 10.2. The monoisotopic (exact) mass is 432 g/mol. The minimum atomic E-state index is 0.257. The lowest BCUT2D eigenvalue weighted by Gasteiger charge is -2.20. The molecule has 8 nitrogen and oxygen atoms in total. The van der Waals surface area contributed by atoms with Gasteiger partial charge in [0.25, 0.3) is 0 Å². The molecule has 0 bridgehead atoms. The summed E-state index contributed by atoms with van der Waals surface area (Å²) >= 11 is 6.30. The van der Waals surface area contributed by atoms with Gasteiger partial charge < -0.3 is 25.0 Å². The van der Waals surface area contributed by atoms with E-state index in [9.17, 15) is 0 Å². The molecule has 0 aromatic carbocycles. The molecule has 3 rings (SSSR count). The van der Waals surface area contributed by atoms with Gasteiger partial charge in [0.05, 0.1) is 18.2 Å². The number of nitrogens with one attached hydrogen (secondary N) is 2. The third-order valence-electron chi connectivity index (χ3n) is 4.70. The van der Waals surface area contributed by atoms with Crippen LogP contribution in [0.5, 0.6) is 5.88 Å². The van der Waals surface area contributed by atoms with Crippen LogP contribution < -0.4 is 20.3 Å². The highest BCUT2D eigenvalue weighted by Crippen LogP contribution is 2.25. The van der Waals surface area contributed by atoms with E-state index in [1.807, 2.05) is 24.3 Å². The number of aliphatic imine (C=N–C) groups is 1. The Labute approximate surface area is 182 Å². The van der Waals surface area contributed by atoms with Gasteiger partial charge in [-0.1, -0.05) is 17.7 Å². The number of anilines is 1. The molecule has 1 atom stereocenters. The van der Waals surface area contributed by atoms with Crippen molar-refractivity contribution in [3.05, 3.63) is 47.2 Å². The van der Waals surface area contributed by atoms with Crippen molar-refractivity contribution in [1.82, 2.24) is 20.6 Å². The van der Waals surface area contributed by atoms with Gasteiger partial charge in [0, 0.05) is 50.7 Å². The largest absolute Gasteiger partial charge is 0.475 e. The van der Waals surface area contributed by atoms with Crippen LogP contribution in [0.25, 0.3) is 0 Å². The predicted octanol–water partition coefficient (Wildman–Crippen LogP) is 2.49. The van der Waals surface area contributed by atoms with Gasteiger partial charge in [-0.2, -0.15) is 0 Å². The molecule has 2 aromatic rings. The fourth-order valence-corrected chi connectivity index (χ4v) is 3.50. The Morgan fingerprint density at radius 1 is 1.27 bits per heavy atom. The maximum absolute atomic E-state index is 6.30. The van der Waals surface area contributed by atoms with Gasteiger partial charge in [0.1, 0.15) is 12.4 Å². The number of nitrogens with zero attached hydrogens (tertiary/aromatic N) is 4. The average molecular weight is 433 g/mol. The smallest absolute Gasteiger partial charge is 0.218 e. The van der Waals surface area contributed by atoms with Gasteiger partial charge in [-0.05, 0) is 31.5 Å². The molecule has 0 radical (unpaired) electrons. The van der Waals surface area contributed by atoms with Crippen LogP contribution in [0.3, 0.4) is 0 Å². The highest BCUT2D eigenvalue weighted by Gasteiger charge is 2.25. The Morgan fingerprint density at radius 2 is 2.10 bits per heavy atom. The Hall–Kier alpha value is -2.58. The zero-order valence-electron chi connectivity index (χ0n) is 17.5. The lowest BCUT2D eigenvalue weighted by molar-refractivity contribution is 0.143. The van der Waals surface area contributed by atoms with E-state index in [-0.39, 0.29) is 6.04 Å². The highest BCUT2D eigenvalue weighted by molar-refractivity contribution is 6.32. The summed E-state index contributed by atoms with van der Waals surface area (Å²) in [7, 11) is 1.65. The van der Waals surface area contributed by atoms with E-state index in [0.717, 1.165) is 43.4 Å². The number of ether oxygens (including phenoxy) is 2. The summed E-state index contributed by atoms with van der Waals surface area (Å²) in [5, 5.41) is 7.52. The van der Waals surface area contributed by atoms with E-state index in [0.29, 0.717) is 30.7 Å². The molecule has 2 aromatic heterocycles. The summed E-state index contributed by atoms with van der Waals surface area (Å²) in [6.07, 6.45) is 4.47. The third kappa shape index (κ3) is 6.21. The van der Waals surface area contributed by atoms with Gasteiger partial charge in [-0.3, -0.25) is 0 Å². The van der Waals surface area contributed by atoms with Crippen molar-refractivity contribution < 1.29 is 9.47 Å². The third-order valence-corrected chi connectivity index (χ3v) is 4.99. The Kier molecular flexibility index (Phi) is 8.53. The maximum Gasteiger partial charge on any atom is 0.218 e. The minimum absolute atomic E-state index is 0.257. The molecule has 0 spiro atoms. The standard InChI is InChI=1S/C21H29ClN6O2/c1-3-23-21(26-14-16-6-4-10-25-20(16)30-13-12-29-2)27-17-8-11-28(15-17)19-18(22)7-5-9-24-19/h4-7,9-10,17H,3,8,11-15H2,1-2H3,(H2,23,26,27). The molecule has 30 heavy (non-hydrogen) atoms. The second-order valence-electron chi connectivity index (χ2n) is 6.89. The van der Waals surface area contributed by atoms with Crippen molar-refractivity contribution in [2.75, 3.05) is 44.9 Å². The van der Waals surface area contributed by atoms with Gasteiger partial charge in [-0.25, -0.2) is 15.0 Å². The van der Waals surface area contributed by atoms with Crippen LogP contribution in [-0.4, -0.2) is 61.9 Å². The van der Waals surface area contributed by atoms with Gasteiger partial charge in [-0.15, -0.1) is 0 Å². The molecule has 162 valence electrons. The number of rotatable bonds is 9. The van der Waals surface area contributed by atoms with Gasteiger partial charge >= 0.3 is 0 Å². The van der Waals surface area contributed by atoms with Gasteiger partial charge in [0.2, 0.25) is 5.88 Å². The molecule has 9 heteroatoms. The number of guanidine groups is 1. The van der Waals surface area contributed by atoms with Crippen molar-refractivity contribution in [1.29, 1.82) is 0 Å². The fourth-order valence-electron chi connectivity index (χ4n) is 3.25. The first-order chi connectivity index (χ1) is 14.7. The molecule has 0 amide bonds. The average Bonchev–Trinajstić information content (AvgIpc) is 3.22. The minimum Gasteiger partial charge on any atom is -0.475 e. The number of pyridine rings is 2. The quantitative estimate of drug-likeness (QED) is 0.358. The number of halogens is 1. The summed E-state index contributed by atoms with van der Waals surface area (Å²) in [6, 6.07) is 7.84. The van der Waals surface area contributed by atoms with Crippen LogP contribution >= 0.6 is 11.6 Å². The van der Waals surface area contributed by atoms with E-state index in [4.69, 9.17) is 26.1 Å². The number of hydrogen-bond acceptors (Lipinski definition) is 6. The first-order valence-corrected chi connectivity index (χ1v) is 10.5. The summed E-state index contributed by atoms with van der Waals surface area (Å²) < 4.78 is 10.7. The number of methoxy groups -OCH3 is 1. The molecule has 0 saturated carbocycles. The topological polar surface area (TPSA) is 83.9 Å². The Morgan fingerprint density at radius 3 is 2.90 bits per heavy atom. The van der Waals surface area contributed by atoms with Crippen molar-refractivity contribution in [3.63, 3.8) is 0 Å². The predicted molar refractivity (Wildman–Crippen MR) is 119 cm³/mol. The van der Waals surface area contributed by atoms with Crippen molar-refractivity contribution in [2.24, 2.45) is 4.99 Å². The maximum atomic E-state index is 6.30. The summed E-state index contributed by atoms with van der Waals surface area (Å²) in [4.78, 5) is 15.7. The zero-order chi connectivity index (χ0) is 21.2. The van der Waals surface area contributed by atoms with E-state index in [2.05, 4.69) is 32.4 Å². The van der Waals surface area contributed by atoms with E-state index < -0.39 is 0 Å². The van der Waals surface area contributed by atoms with Crippen LogP contribution in [0, 0.1) is 0 Å². The van der Waals surface area contributed by atoms with Crippen LogP contribution in [-0.2, 0) is 11.3 Å². The Balaban J connectivity index is 1.61. The summed E-state index contributed by atoms with van der Waals surface area (Å²) in [5.41, 5.74) is 0.930. The second kappa shape index (κ2) is 11.6. The van der Waals surface area contributed by atoms with Gasteiger partial charge in [0.15, 0.2) is 5.96 Å². The molecule has 1 unspecified atom stereocenters. The highest BCUT2D eigenvalue weighted by atomic mass is 35.5. The normalized spacial score (nSPS) is 16.6. The summed E-state index contributed by atoms with van der Waals surface area (Å²) in [6.45, 7) is 5.98. The Bertz CT molecular complexity index is 835. The fraction of sp³-hybridized carbons (Fsp3) is 0.476. The molecule has 1 fully saturated rings. The van der Waals surface area contributed by atoms with Crippen LogP contribution in [0.1, 0.15) is 18.9 Å². The number of aromatic nitrogens is 2. The second-order valence-corrected chi connectivity index (χ2v) is 7.30. The number of hydrogen-bond donors (Lipinski definition) is 2. The van der Waals surface area contributed by atoms with E-state index >= 15 is 0 Å². The zero-order valence-corrected chi connectivity index (χ0v) is 18.2. The van der Waals surface area contributed by atoms with E-state index in [1.54, 1.807) is 19.5 Å². The van der Waals surface area contributed by atoms with Crippen LogP contribution in [0.4, 0.5) is 5.82 Å². The van der Waals surface area contributed by atoms with Crippen molar-refractivity contribution >= 4 is 23.4 Å². The molecular formula is C21H29ClN6O2. The molecule has 1 aliphatic rings. The SMILES string of the molecule is CCNC(=NCc1cccnc1OCCOC)NC1CCN(c2ncccc2Cl)C1. The summed E-state index contributed by atoms with van der Waals surface area (Å²) in [5.74, 6) is 2.19. The molecule has 2 N–H and O–H groups in total. The van der Waals surface area contributed by atoms with Crippen LogP contribution in [0.15, 0.2) is 41.7 Å².